The van der Waals surface area contributed by atoms with Gasteiger partial charge in [0.25, 0.3) is 0 Å². The van der Waals surface area contributed by atoms with Crippen molar-refractivity contribution >= 4 is 12.3 Å². The molecule has 1 atom stereocenters. The molecular formula is C9H15O3. The van der Waals surface area contributed by atoms with Crippen LogP contribution in [0.15, 0.2) is 0 Å². The molecule has 0 amide bonds. The van der Waals surface area contributed by atoms with Gasteiger partial charge in [-0.25, -0.2) is 0 Å². The zero-order valence-corrected chi connectivity index (χ0v) is 7.79. The Kier molecular flexibility index (Phi) is 3.93. The number of hydrogen-bond acceptors (Lipinski definition) is 3. The monoisotopic (exact) mass is 171 g/mol. The summed E-state index contributed by atoms with van der Waals surface area (Å²) in [4.78, 5) is 21.1. The first-order chi connectivity index (χ1) is 5.37. The van der Waals surface area contributed by atoms with Crippen molar-refractivity contribution in [3.8, 4) is 0 Å². The Morgan fingerprint density at radius 1 is 1.58 bits per heavy atom. The molecule has 12 heavy (non-hydrogen) atoms. The van der Waals surface area contributed by atoms with Crippen molar-refractivity contribution in [2.24, 2.45) is 5.92 Å². The van der Waals surface area contributed by atoms with Gasteiger partial charge in [0.15, 0.2) is 0 Å². The van der Waals surface area contributed by atoms with Crippen LogP contribution in [0.3, 0.4) is 0 Å². The van der Waals surface area contributed by atoms with E-state index in [1.165, 1.54) is 0 Å². The molecule has 0 bridgehead atoms. The molecule has 0 saturated carbocycles. The second-order valence-corrected chi connectivity index (χ2v) is 3.63. The summed E-state index contributed by atoms with van der Waals surface area (Å²) in [6.45, 7) is 8.84. The highest BCUT2D eigenvalue weighted by Gasteiger charge is 2.20. The fourth-order valence-corrected chi connectivity index (χ4v) is 0.597. The Morgan fingerprint density at radius 2 is 2.08 bits per heavy atom. The van der Waals surface area contributed by atoms with Gasteiger partial charge in [0, 0.05) is 6.42 Å². The highest BCUT2D eigenvalue weighted by Crippen LogP contribution is 2.11. The number of hydrogen-bond donors (Lipinski definition) is 0. The number of carbonyl (C=O) groups excluding carboxylic acids is 2. The molecule has 0 fully saturated rings. The molecule has 0 saturated heterocycles. The van der Waals surface area contributed by atoms with Crippen LogP contribution < -0.4 is 0 Å². The average molecular weight is 171 g/mol. The Labute approximate surface area is 73.1 Å². The number of esters is 1. The van der Waals surface area contributed by atoms with Crippen LogP contribution in [-0.4, -0.2) is 17.9 Å². The summed E-state index contributed by atoms with van der Waals surface area (Å²) in [5.41, 5.74) is -0.504. The molecule has 1 unspecified atom stereocenters. The fourth-order valence-electron chi connectivity index (χ4n) is 0.597. The summed E-state index contributed by atoms with van der Waals surface area (Å²) in [6.07, 6.45) is 0.788. The van der Waals surface area contributed by atoms with Crippen molar-refractivity contribution in [1.82, 2.24) is 0 Å². The molecule has 3 heteroatoms. The summed E-state index contributed by atoms with van der Waals surface area (Å²) in [6, 6.07) is 0. The molecule has 0 aromatic rings. The van der Waals surface area contributed by atoms with Crippen molar-refractivity contribution in [3.63, 3.8) is 0 Å². The highest BCUT2D eigenvalue weighted by atomic mass is 16.6. The van der Waals surface area contributed by atoms with Gasteiger partial charge < -0.3 is 9.53 Å². The molecule has 0 aromatic heterocycles. The first kappa shape index (κ1) is 11.1. The first-order valence-corrected chi connectivity index (χ1v) is 3.86. The van der Waals surface area contributed by atoms with Crippen molar-refractivity contribution in [2.45, 2.75) is 32.8 Å². The van der Waals surface area contributed by atoms with E-state index < -0.39 is 17.5 Å². The largest absolute Gasteiger partial charge is 0.460 e. The predicted molar refractivity (Wildman–Crippen MR) is 45.4 cm³/mol. The molecule has 3 nitrogen and oxygen atoms in total. The summed E-state index contributed by atoms with van der Waals surface area (Å²) < 4.78 is 4.99. The van der Waals surface area contributed by atoms with E-state index in [0.29, 0.717) is 6.29 Å². The van der Waals surface area contributed by atoms with Crippen LogP contribution in [0.2, 0.25) is 0 Å². The maximum atomic E-state index is 11.1. The van der Waals surface area contributed by atoms with E-state index in [1.54, 1.807) is 20.8 Å². The lowest BCUT2D eigenvalue weighted by Gasteiger charge is -2.21. The van der Waals surface area contributed by atoms with Gasteiger partial charge in [-0.15, -0.1) is 0 Å². The van der Waals surface area contributed by atoms with Crippen LogP contribution in [0.4, 0.5) is 0 Å². The molecule has 0 N–H and O–H groups in total. The van der Waals surface area contributed by atoms with E-state index >= 15 is 0 Å². The minimum atomic E-state index is -0.582. The fraction of sp³-hybridized carbons (Fsp3) is 0.667. The second-order valence-electron chi connectivity index (χ2n) is 3.63. The molecule has 0 aliphatic heterocycles. The molecule has 0 aliphatic carbocycles. The number of carbonyl (C=O) groups is 2. The van der Waals surface area contributed by atoms with Crippen molar-refractivity contribution in [2.75, 3.05) is 0 Å². The van der Waals surface area contributed by atoms with E-state index in [-0.39, 0.29) is 6.42 Å². The quantitative estimate of drug-likeness (QED) is 0.475. The topological polar surface area (TPSA) is 43.4 Å². The Morgan fingerprint density at radius 3 is 2.42 bits per heavy atom. The van der Waals surface area contributed by atoms with Gasteiger partial charge in [-0.3, -0.25) is 4.79 Å². The SMILES string of the molecule is [CH2]C(CC=O)C(=O)OC(C)(C)C. The molecule has 0 aliphatic rings. The summed E-state index contributed by atoms with van der Waals surface area (Å²) >= 11 is 0. The van der Waals surface area contributed by atoms with Crippen molar-refractivity contribution < 1.29 is 14.3 Å². The van der Waals surface area contributed by atoms with Crippen LogP contribution >= 0.6 is 0 Å². The number of rotatable bonds is 3. The number of aldehydes is 1. The number of ether oxygens (including phenoxy) is 1. The zero-order chi connectivity index (χ0) is 9.78. The van der Waals surface area contributed by atoms with Crippen LogP contribution in [0.1, 0.15) is 27.2 Å². The maximum absolute atomic E-state index is 11.1. The lowest BCUT2D eigenvalue weighted by molar-refractivity contribution is -0.158. The van der Waals surface area contributed by atoms with Crippen LogP contribution in [0.5, 0.6) is 0 Å². The Balaban J connectivity index is 3.95. The smallest absolute Gasteiger partial charge is 0.309 e. The minimum Gasteiger partial charge on any atom is -0.460 e. The predicted octanol–water partition coefficient (Wildman–Crippen LogP) is 1.37. The van der Waals surface area contributed by atoms with Gasteiger partial charge in [0.2, 0.25) is 0 Å². The molecular weight excluding hydrogens is 156 g/mol. The first-order valence-electron chi connectivity index (χ1n) is 3.86. The highest BCUT2D eigenvalue weighted by molar-refractivity contribution is 5.76. The van der Waals surface area contributed by atoms with E-state index in [2.05, 4.69) is 6.92 Å². The molecule has 69 valence electrons. The van der Waals surface area contributed by atoms with E-state index in [9.17, 15) is 9.59 Å². The lowest BCUT2D eigenvalue weighted by atomic mass is 10.1. The van der Waals surface area contributed by atoms with E-state index in [4.69, 9.17) is 4.74 Å². The summed E-state index contributed by atoms with van der Waals surface area (Å²) in [5, 5.41) is 0. The van der Waals surface area contributed by atoms with E-state index in [1.807, 2.05) is 0 Å². The molecule has 1 radical (unpaired) electrons. The molecule has 0 rings (SSSR count). The van der Waals surface area contributed by atoms with Gasteiger partial charge >= 0.3 is 5.97 Å². The lowest BCUT2D eigenvalue weighted by Crippen LogP contribution is -2.27. The molecule has 0 heterocycles. The van der Waals surface area contributed by atoms with Crippen molar-refractivity contribution in [3.05, 3.63) is 6.92 Å². The maximum Gasteiger partial charge on any atom is 0.309 e. The van der Waals surface area contributed by atoms with Gasteiger partial charge in [-0.1, -0.05) is 0 Å². The molecule has 0 aromatic carbocycles. The molecule has 0 spiro atoms. The van der Waals surface area contributed by atoms with Crippen LogP contribution in [-0.2, 0) is 14.3 Å². The zero-order valence-electron chi connectivity index (χ0n) is 7.79. The third kappa shape index (κ3) is 4.88. The normalized spacial score (nSPS) is 13.7. The van der Waals surface area contributed by atoms with E-state index in [0.717, 1.165) is 0 Å². The van der Waals surface area contributed by atoms with Gasteiger partial charge in [-0.2, -0.15) is 0 Å². The Bertz CT molecular complexity index is 167. The minimum absolute atomic E-state index is 0.120. The van der Waals surface area contributed by atoms with Crippen molar-refractivity contribution in [1.29, 1.82) is 0 Å². The summed E-state index contributed by atoms with van der Waals surface area (Å²) in [5.74, 6) is -1.00. The second kappa shape index (κ2) is 4.24. The van der Waals surface area contributed by atoms with Gasteiger partial charge in [0.1, 0.15) is 11.9 Å². The third-order valence-corrected chi connectivity index (χ3v) is 1.12. The standard InChI is InChI=1S/C9H15O3/c1-7(5-6-10)8(11)12-9(2,3)4/h6-7H,1,5H2,2-4H3. The van der Waals surface area contributed by atoms with Crippen LogP contribution in [0.25, 0.3) is 0 Å². The summed E-state index contributed by atoms with van der Waals surface area (Å²) in [7, 11) is 0. The average Bonchev–Trinajstić information content (AvgIpc) is 1.84. The Hall–Kier alpha value is -0.860. The third-order valence-electron chi connectivity index (χ3n) is 1.12. The van der Waals surface area contributed by atoms with Gasteiger partial charge in [-0.05, 0) is 27.7 Å². The van der Waals surface area contributed by atoms with Crippen LogP contribution in [0, 0.1) is 12.8 Å². The van der Waals surface area contributed by atoms with Gasteiger partial charge in [0.05, 0.1) is 5.92 Å².